The van der Waals surface area contributed by atoms with E-state index in [0.29, 0.717) is 6.42 Å². The molecule has 22 heavy (non-hydrogen) atoms. The normalized spacial score (nSPS) is 20.0. The molecule has 0 spiro atoms. The molecule has 4 unspecified atom stereocenters. The average Bonchev–Trinajstić information content (AvgIpc) is 2.34. The van der Waals surface area contributed by atoms with Gasteiger partial charge in [0.05, 0.1) is 5.75 Å². The Balaban J connectivity index is 4.29. The van der Waals surface area contributed by atoms with Gasteiger partial charge in [-0.25, -0.2) is 8.42 Å². The fraction of sp³-hybridized carbons (Fsp3) is 1.00. The third-order valence-corrected chi connectivity index (χ3v) is 7.61. The van der Waals surface area contributed by atoms with Gasteiger partial charge in [-0.15, -0.1) is 0 Å². The van der Waals surface area contributed by atoms with E-state index in [1.165, 1.54) is 0 Å². The first kappa shape index (κ1) is 23.6. The molecule has 0 aromatic heterocycles. The van der Waals surface area contributed by atoms with Crippen LogP contribution in [0.1, 0.15) is 44.9 Å². The first-order chi connectivity index (χ1) is 10.0. The van der Waals surface area contributed by atoms with Crippen molar-refractivity contribution in [2.75, 3.05) is 16.8 Å². The minimum Gasteiger partial charge on any atom is -0.306 e. The molecule has 10 heteroatoms. The Labute approximate surface area is 160 Å². The molecule has 0 aliphatic heterocycles. The first-order valence-corrected chi connectivity index (χ1v) is 14.4. The van der Waals surface area contributed by atoms with Gasteiger partial charge >= 0.3 is 0 Å². The summed E-state index contributed by atoms with van der Waals surface area (Å²) in [4.78, 5) is 0.170. The van der Waals surface area contributed by atoms with Gasteiger partial charge < -0.3 is 9.11 Å². The van der Waals surface area contributed by atoms with Crippen molar-refractivity contribution in [1.29, 1.82) is 0 Å². The smallest absolute Gasteiger partial charge is 0.141 e. The van der Waals surface area contributed by atoms with Crippen molar-refractivity contribution in [3.63, 3.8) is 0 Å². The van der Waals surface area contributed by atoms with Crippen LogP contribution in [0.15, 0.2) is 0 Å². The third-order valence-electron chi connectivity index (χ3n) is 3.28. The lowest BCUT2D eigenvalue weighted by atomic mass is 9.96. The Kier molecular flexibility index (Phi) is 12.9. The lowest BCUT2D eigenvalue weighted by Gasteiger charge is -2.22. The molecule has 0 radical (unpaired) electrons. The Bertz CT molecular complexity index is 493. The molecule has 0 heterocycles. The van der Waals surface area contributed by atoms with E-state index >= 15 is 0 Å². The van der Waals surface area contributed by atoms with Gasteiger partial charge in [0.1, 0.15) is 17.5 Å². The average molecular weight is 520 g/mol. The summed E-state index contributed by atoms with van der Waals surface area (Å²) in [5.74, 6) is 0.297. The monoisotopic (exact) mass is 518 g/mol. The lowest BCUT2D eigenvalue weighted by Crippen LogP contribution is -2.23. The second-order valence-corrected chi connectivity index (χ2v) is 13.5. The van der Waals surface area contributed by atoms with Gasteiger partial charge in [-0.2, -0.15) is 0 Å². The summed E-state index contributed by atoms with van der Waals surface area (Å²) in [6.45, 7) is 0. The van der Waals surface area contributed by atoms with Crippen LogP contribution in [0.2, 0.25) is 0 Å². The molecule has 0 aromatic carbocycles. The highest BCUT2D eigenvalue weighted by atomic mass is 79.9. The highest BCUT2D eigenvalue weighted by Gasteiger charge is 2.22. The van der Waals surface area contributed by atoms with Crippen LogP contribution >= 0.6 is 31.9 Å². The second-order valence-electron chi connectivity index (χ2n) is 5.34. The van der Waals surface area contributed by atoms with E-state index in [2.05, 4.69) is 54.2 Å². The van der Waals surface area contributed by atoms with Crippen molar-refractivity contribution < 1.29 is 17.5 Å². The van der Waals surface area contributed by atoms with Crippen LogP contribution in [-0.2, 0) is 39.9 Å². The van der Waals surface area contributed by atoms with E-state index in [1.54, 1.807) is 0 Å². The van der Waals surface area contributed by atoms with Gasteiger partial charge in [-0.1, -0.05) is 51.1 Å². The predicted octanol–water partition coefficient (Wildman–Crippen LogP) is 3.93. The van der Waals surface area contributed by atoms with E-state index in [0.717, 1.165) is 43.9 Å². The maximum Gasteiger partial charge on any atom is 0.141 e. The molecule has 0 rings (SSSR count). The number of alkyl halides is 2. The van der Waals surface area contributed by atoms with Crippen LogP contribution < -0.4 is 0 Å². The topological polar surface area (TPSA) is 74.6 Å². The quantitative estimate of drug-likeness (QED) is 0.283. The van der Waals surface area contributed by atoms with Crippen LogP contribution in [0.25, 0.3) is 0 Å². The second kappa shape index (κ2) is 12.1. The van der Waals surface area contributed by atoms with Crippen molar-refractivity contribution in [2.24, 2.45) is 5.92 Å². The zero-order chi connectivity index (χ0) is 17.2. The third kappa shape index (κ3) is 15.2. The summed E-state index contributed by atoms with van der Waals surface area (Å²) in [5.41, 5.74) is 0. The number of unbranched alkanes of at least 4 members (excludes halogenated alkanes) is 3. The van der Waals surface area contributed by atoms with Crippen molar-refractivity contribution >= 4 is 71.8 Å². The van der Waals surface area contributed by atoms with Gasteiger partial charge in [0.25, 0.3) is 0 Å². The summed E-state index contributed by atoms with van der Waals surface area (Å²) in [7, 11) is -6.24. The molecule has 0 saturated heterocycles. The number of hydrogen-bond acceptors (Lipinski definition) is 4. The van der Waals surface area contributed by atoms with E-state index in [1.807, 2.05) is 0 Å². The fourth-order valence-corrected chi connectivity index (χ4v) is 5.98. The van der Waals surface area contributed by atoms with Gasteiger partial charge in [0, 0.05) is 38.3 Å². The first-order valence-electron chi connectivity index (χ1n) is 7.15. The Morgan fingerprint density at radius 2 is 1.50 bits per heavy atom. The van der Waals surface area contributed by atoms with Crippen LogP contribution in [0, 0.1) is 5.92 Å². The number of hydrogen-bond donors (Lipinski definition) is 2. The standard InChI is InChI=1S/C12H24Br2O4S4/c13-8-4-3-7-12(14)11(10-22(17,18)20)6-2-1-5-9-21(15,16)19/h11-12H,1-10H2,(H,15,16,19)(H,17,18,20). The lowest BCUT2D eigenvalue weighted by molar-refractivity contribution is 0.450. The summed E-state index contributed by atoms with van der Waals surface area (Å²) < 4.78 is 41.0. The highest BCUT2D eigenvalue weighted by Crippen LogP contribution is 2.26. The van der Waals surface area contributed by atoms with Crippen LogP contribution in [0.5, 0.6) is 0 Å². The van der Waals surface area contributed by atoms with Gasteiger partial charge in [-0.05, 0) is 31.6 Å². The van der Waals surface area contributed by atoms with Crippen LogP contribution in [-0.4, -0.2) is 39.2 Å². The molecular formula is C12H24Br2O4S4. The van der Waals surface area contributed by atoms with E-state index in [-0.39, 0.29) is 22.3 Å². The van der Waals surface area contributed by atoms with Crippen molar-refractivity contribution in [1.82, 2.24) is 0 Å². The maximum absolute atomic E-state index is 11.5. The molecule has 2 N–H and O–H groups in total. The fourth-order valence-electron chi connectivity index (χ4n) is 2.18. The van der Waals surface area contributed by atoms with Gasteiger partial charge in [0.2, 0.25) is 0 Å². The van der Waals surface area contributed by atoms with Crippen molar-refractivity contribution in [2.45, 2.75) is 49.8 Å². The summed E-state index contributed by atoms with van der Waals surface area (Å²) in [6, 6.07) is 0. The van der Waals surface area contributed by atoms with Gasteiger partial charge in [0.15, 0.2) is 0 Å². The van der Waals surface area contributed by atoms with Crippen molar-refractivity contribution in [3.8, 4) is 0 Å². The largest absolute Gasteiger partial charge is 0.306 e. The van der Waals surface area contributed by atoms with Crippen molar-refractivity contribution in [3.05, 3.63) is 0 Å². The molecule has 4 atom stereocenters. The molecule has 4 nitrogen and oxygen atoms in total. The number of rotatable bonds is 13. The molecule has 0 aromatic rings. The number of halogens is 2. The highest BCUT2D eigenvalue weighted by molar-refractivity contribution is 9.09. The van der Waals surface area contributed by atoms with Crippen LogP contribution in [0.3, 0.4) is 0 Å². The molecule has 0 fully saturated rings. The van der Waals surface area contributed by atoms with E-state index in [4.69, 9.17) is 4.55 Å². The minimum absolute atomic E-state index is 0.0484. The molecule has 134 valence electrons. The molecule has 0 amide bonds. The minimum atomic E-state index is -3.17. The Hall–Kier alpha value is 1.62. The van der Waals surface area contributed by atoms with E-state index in [9.17, 15) is 13.0 Å². The predicted molar refractivity (Wildman–Crippen MR) is 108 cm³/mol. The summed E-state index contributed by atoms with van der Waals surface area (Å²) in [6.07, 6.45) is 6.06. The van der Waals surface area contributed by atoms with Gasteiger partial charge in [-0.3, -0.25) is 0 Å². The molecule has 0 bridgehead atoms. The summed E-state index contributed by atoms with van der Waals surface area (Å²) in [5, 5.41) is 0.955. The molecular weight excluding hydrogens is 496 g/mol. The Morgan fingerprint density at radius 3 is 2.00 bits per heavy atom. The molecule has 0 aliphatic rings. The zero-order valence-corrected chi connectivity index (χ0v) is 18.8. The maximum atomic E-state index is 11.5. The van der Waals surface area contributed by atoms with E-state index < -0.39 is 17.5 Å². The molecule has 0 aliphatic carbocycles. The zero-order valence-electron chi connectivity index (χ0n) is 12.3. The molecule has 0 saturated carbocycles. The Morgan fingerprint density at radius 1 is 0.909 bits per heavy atom. The van der Waals surface area contributed by atoms with Crippen LogP contribution in [0.4, 0.5) is 0 Å². The SMILES string of the molecule is O=S(O)(=S)CCCCCC(CS(=O)(O)=S)C(Br)CCCCBr. The summed E-state index contributed by atoms with van der Waals surface area (Å²) >= 11 is 16.1.